The van der Waals surface area contributed by atoms with E-state index in [1.807, 2.05) is 0 Å². The molecule has 0 aromatic heterocycles. The second kappa shape index (κ2) is 10.2. The van der Waals surface area contributed by atoms with Gasteiger partial charge in [0.05, 0.1) is 12.7 Å². The average molecular weight is 473 g/mol. The third-order valence-corrected chi connectivity index (χ3v) is 5.94. The Morgan fingerprint density at radius 2 is 1.73 bits per heavy atom. The van der Waals surface area contributed by atoms with Gasteiger partial charge in [-0.05, 0) is 48.5 Å². The summed E-state index contributed by atoms with van der Waals surface area (Å²) in [5.74, 6) is -0.409. The number of likely N-dealkylation sites (tertiary alicyclic amines) is 1. The Bertz CT molecular complexity index is 1010. The molecule has 0 spiro atoms. The van der Waals surface area contributed by atoms with Crippen LogP contribution in [0.3, 0.4) is 0 Å². The highest BCUT2D eigenvalue weighted by Gasteiger charge is 2.40. The Labute approximate surface area is 196 Å². The van der Waals surface area contributed by atoms with Gasteiger partial charge in [-0.3, -0.25) is 9.59 Å². The van der Waals surface area contributed by atoms with E-state index in [0.717, 1.165) is 5.69 Å². The molecule has 4 rings (SSSR count). The van der Waals surface area contributed by atoms with Crippen LogP contribution in [0.25, 0.3) is 0 Å². The van der Waals surface area contributed by atoms with Crippen LogP contribution in [-0.2, 0) is 19.1 Å². The molecule has 33 heavy (non-hydrogen) atoms. The Hall–Kier alpha value is -3.14. The van der Waals surface area contributed by atoms with Crippen LogP contribution in [0.5, 0.6) is 0 Å². The van der Waals surface area contributed by atoms with Gasteiger partial charge >= 0.3 is 6.03 Å². The monoisotopic (exact) mass is 472 g/mol. The molecule has 2 aromatic carbocycles. The van der Waals surface area contributed by atoms with Gasteiger partial charge in [0.2, 0.25) is 5.91 Å². The molecule has 0 unspecified atom stereocenters. The maximum absolute atomic E-state index is 13.0. The van der Waals surface area contributed by atoms with Gasteiger partial charge in [-0.15, -0.1) is 0 Å². The lowest BCUT2D eigenvalue weighted by Gasteiger charge is -2.27. The number of nitrogens with one attached hydrogen (secondary N) is 2. The molecule has 2 N–H and O–H groups in total. The largest absolute Gasteiger partial charge is 0.380 e. The van der Waals surface area contributed by atoms with Crippen molar-refractivity contribution in [1.29, 1.82) is 0 Å². The van der Waals surface area contributed by atoms with E-state index >= 15 is 0 Å². The van der Waals surface area contributed by atoms with E-state index in [1.54, 1.807) is 60.5 Å². The number of ether oxygens (including phenoxy) is 2. The summed E-state index contributed by atoms with van der Waals surface area (Å²) in [5, 5.41) is 6.23. The second-order valence-electron chi connectivity index (χ2n) is 7.83. The number of methoxy groups -OCH3 is 1. The number of halogens is 1. The SMILES string of the molecule is CO[C@@H]1C[C@H](C(=O)Nc2ccc(N3CCOCC3=O)cc2)N(C(=O)Nc2ccc(Cl)cc2)C1. The van der Waals surface area contributed by atoms with Gasteiger partial charge in [0.25, 0.3) is 5.91 Å². The molecule has 2 aliphatic heterocycles. The van der Waals surface area contributed by atoms with Crippen LogP contribution in [0.4, 0.5) is 21.9 Å². The molecule has 2 saturated heterocycles. The standard InChI is InChI=1S/C23H25ClN4O5/c1-32-19-12-20(28(13-19)23(31)26-17-4-2-15(24)3-5-17)22(30)25-16-6-8-18(9-7-16)27-10-11-33-14-21(27)29/h2-9,19-20H,10-14H2,1H3,(H,25,30)(H,26,31)/t19-,20-/m1/s1. The fourth-order valence-electron chi connectivity index (χ4n) is 3.91. The van der Waals surface area contributed by atoms with Crippen molar-refractivity contribution in [3.63, 3.8) is 0 Å². The lowest BCUT2D eigenvalue weighted by molar-refractivity contribution is -0.125. The van der Waals surface area contributed by atoms with Crippen molar-refractivity contribution < 1.29 is 23.9 Å². The molecule has 2 atom stereocenters. The van der Waals surface area contributed by atoms with Crippen LogP contribution in [0, 0.1) is 0 Å². The minimum atomic E-state index is -0.692. The highest BCUT2D eigenvalue weighted by Crippen LogP contribution is 2.25. The van der Waals surface area contributed by atoms with Crippen molar-refractivity contribution >= 4 is 46.5 Å². The van der Waals surface area contributed by atoms with E-state index in [9.17, 15) is 14.4 Å². The number of urea groups is 1. The van der Waals surface area contributed by atoms with Crippen LogP contribution in [0.1, 0.15) is 6.42 Å². The fourth-order valence-corrected chi connectivity index (χ4v) is 4.04. The summed E-state index contributed by atoms with van der Waals surface area (Å²) in [6.45, 7) is 1.34. The normalized spacial score (nSPS) is 20.6. The first kappa shape index (κ1) is 23.0. The number of anilines is 3. The third kappa shape index (κ3) is 5.44. The topological polar surface area (TPSA) is 100 Å². The van der Waals surface area contributed by atoms with E-state index in [0.29, 0.717) is 42.5 Å². The molecule has 9 nitrogen and oxygen atoms in total. The number of carbonyl (C=O) groups is 3. The Morgan fingerprint density at radius 1 is 1.06 bits per heavy atom. The van der Waals surface area contributed by atoms with E-state index < -0.39 is 12.1 Å². The number of morpholine rings is 1. The highest BCUT2D eigenvalue weighted by atomic mass is 35.5. The van der Waals surface area contributed by atoms with Gasteiger partial charge in [-0.2, -0.15) is 0 Å². The molecular weight excluding hydrogens is 448 g/mol. The van der Waals surface area contributed by atoms with Gasteiger partial charge in [0.1, 0.15) is 12.6 Å². The van der Waals surface area contributed by atoms with Crippen LogP contribution in [0.15, 0.2) is 48.5 Å². The summed E-state index contributed by atoms with van der Waals surface area (Å²) < 4.78 is 10.6. The quantitative estimate of drug-likeness (QED) is 0.696. The van der Waals surface area contributed by atoms with Crippen LogP contribution in [0.2, 0.25) is 5.02 Å². The third-order valence-electron chi connectivity index (χ3n) is 5.69. The van der Waals surface area contributed by atoms with Gasteiger partial charge in [0, 0.05) is 48.7 Å². The van der Waals surface area contributed by atoms with Crippen LogP contribution >= 0.6 is 11.6 Å². The number of hydrogen-bond donors (Lipinski definition) is 2. The van der Waals surface area contributed by atoms with Crippen molar-refractivity contribution in [3.05, 3.63) is 53.6 Å². The minimum Gasteiger partial charge on any atom is -0.380 e. The zero-order valence-corrected chi connectivity index (χ0v) is 18.9. The van der Waals surface area contributed by atoms with Crippen LogP contribution < -0.4 is 15.5 Å². The van der Waals surface area contributed by atoms with E-state index in [4.69, 9.17) is 21.1 Å². The summed E-state index contributed by atoms with van der Waals surface area (Å²) >= 11 is 5.90. The first-order chi connectivity index (χ1) is 15.9. The number of hydrogen-bond acceptors (Lipinski definition) is 5. The van der Waals surface area contributed by atoms with Gasteiger partial charge in [0.15, 0.2) is 0 Å². The molecule has 2 aromatic rings. The van der Waals surface area contributed by atoms with Crippen molar-refractivity contribution in [2.45, 2.75) is 18.6 Å². The smallest absolute Gasteiger partial charge is 0.322 e. The Balaban J connectivity index is 1.42. The summed E-state index contributed by atoms with van der Waals surface area (Å²) in [7, 11) is 1.56. The molecule has 2 fully saturated rings. The van der Waals surface area contributed by atoms with E-state index in [2.05, 4.69) is 10.6 Å². The van der Waals surface area contributed by atoms with Gasteiger partial charge in [-0.25, -0.2) is 4.79 Å². The number of benzene rings is 2. The molecule has 0 bridgehead atoms. The average Bonchev–Trinajstić information content (AvgIpc) is 3.27. The molecular formula is C23H25ClN4O5. The Kier molecular flexibility index (Phi) is 7.12. The lowest BCUT2D eigenvalue weighted by atomic mass is 10.1. The van der Waals surface area contributed by atoms with E-state index in [1.165, 1.54) is 4.90 Å². The summed E-state index contributed by atoms with van der Waals surface area (Å²) in [4.78, 5) is 41.0. The van der Waals surface area contributed by atoms with Crippen molar-refractivity contribution in [3.8, 4) is 0 Å². The van der Waals surface area contributed by atoms with E-state index in [-0.39, 0.29) is 24.5 Å². The number of carbonyl (C=O) groups excluding carboxylic acids is 3. The fraction of sp³-hybridized carbons (Fsp3) is 0.348. The van der Waals surface area contributed by atoms with Crippen molar-refractivity contribution in [2.75, 3.05) is 48.9 Å². The maximum Gasteiger partial charge on any atom is 0.322 e. The number of amides is 4. The summed E-state index contributed by atoms with van der Waals surface area (Å²) in [5.41, 5.74) is 1.90. The maximum atomic E-state index is 13.0. The molecule has 2 aliphatic rings. The predicted octanol–water partition coefficient (Wildman–Crippen LogP) is 2.96. The van der Waals surface area contributed by atoms with Gasteiger partial charge in [-0.1, -0.05) is 11.6 Å². The molecule has 0 aliphatic carbocycles. The first-order valence-electron chi connectivity index (χ1n) is 10.6. The molecule has 10 heteroatoms. The molecule has 174 valence electrons. The lowest BCUT2D eigenvalue weighted by Crippen LogP contribution is -2.45. The van der Waals surface area contributed by atoms with Gasteiger partial charge < -0.3 is 29.9 Å². The summed E-state index contributed by atoms with van der Waals surface area (Å²) in [6, 6.07) is 12.7. The first-order valence-corrected chi connectivity index (χ1v) is 11.0. The molecule has 0 radical (unpaired) electrons. The predicted molar refractivity (Wildman–Crippen MR) is 125 cm³/mol. The van der Waals surface area contributed by atoms with Crippen LogP contribution in [-0.4, -0.2) is 68.3 Å². The molecule has 4 amide bonds. The number of nitrogens with zero attached hydrogens (tertiary/aromatic N) is 2. The Morgan fingerprint density at radius 3 is 2.39 bits per heavy atom. The van der Waals surface area contributed by atoms with Crippen molar-refractivity contribution in [1.82, 2.24) is 4.90 Å². The van der Waals surface area contributed by atoms with Crippen molar-refractivity contribution in [2.24, 2.45) is 0 Å². The number of rotatable bonds is 5. The second-order valence-corrected chi connectivity index (χ2v) is 8.27. The molecule has 0 saturated carbocycles. The zero-order valence-electron chi connectivity index (χ0n) is 18.1. The summed E-state index contributed by atoms with van der Waals surface area (Å²) in [6.07, 6.45) is 0.142. The highest BCUT2D eigenvalue weighted by molar-refractivity contribution is 6.30. The zero-order chi connectivity index (χ0) is 23.4. The molecule has 2 heterocycles. The minimum absolute atomic E-state index is 0.0642.